The molecule has 0 aromatic heterocycles. The first-order valence-electron chi connectivity index (χ1n) is 10.6. The van der Waals surface area contributed by atoms with Crippen molar-refractivity contribution in [1.82, 2.24) is 0 Å². The van der Waals surface area contributed by atoms with E-state index in [1.165, 1.54) is 6.92 Å². The maximum absolute atomic E-state index is 11.8. The SMILES string of the molecule is CC(C)C(=O)OC[C@H]1O[C@@H](O)[C@H](O[C@@H]2O[C@@H](C)[C@H](OC(=O)C(C)C)[C@@H](O)[C@H]2O)[C@@H](O)[C@@H]1O. The van der Waals surface area contributed by atoms with E-state index in [0.717, 1.165) is 0 Å². The molecule has 2 fully saturated rings. The molecule has 0 radical (unpaired) electrons. The Morgan fingerprint density at radius 3 is 1.94 bits per heavy atom. The van der Waals surface area contributed by atoms with Crippen LogP contribution >= 0.6 is 0 Å². The number of aliphatic hydroxyl groups is 5. The van der Waals surface area contributed by atoms with Crippen LogP contribution in [0, 0.1) is 11.8 Å². The highest BCUT2D eigenvalue weighted by Gasteiger charge is 2.51. The summed E-state index contributed by atoms with van der Waals surface area (Å²) in [5.41, 5.74) is 0. The van der Waals surface area contributed by atoms with Gasteiger partial charge in [0.05, 0.1) is 17.9 Å². The van der Waals surface area contributed by atoms with Crippen LogP contribution in [0.15, 0.2) is 0 Å². The molecule has 0 bridgehead atoms. The first-order valence-corrected chi connectivity index (χ1v) is 10.6. The van der Waals surface area contributed by atoms with Gasteiger partial charge in [0.1, 0.15) is 43.2 Å². The van der Waals surface area contributed by atoms with Crippen LogP contribution in [0.3, 0.4) is 0 Å². The summed E-state index contributed by atoms with van der Waals surface area (Å²) in [6.45, 7) is 7.54. The standard InChI is InChI=1S/C20H34O12/c1-7(2)17(25)28-6-10-11(21)12(22)16(19(27)30-10)32-20-14(24)13(23)15(9(5)29-20)31-18(26)8(3)4/h7-16,19-24,27H,6H2,1-5H3/t9-,10+,11+,12-,13-,14+,15-,16+,19+,20-/m0/s1. The van der Waals surface area contributed by atoms with Gasteiger partial charge in [-0.25, -0.2) is 0 Å². The molecule has 32 heavy (non-hydrogen) atoms. The zero-order valence-electron chi connectivity index (χ0n) is 18.7. The Bertz CT molecular complexity index is 640. The molecule has 2 rings (SSSR count). The van der Waals surface area contributed by atoms with Gasteiger partial charge in [0, 0.05) is 0 Å². The van der Waals surface area contributed by atoms with Crippen LogP contribution in [0.5, 0.6) is 0 Å². The van der Waals surface area contributed by atoms with Crippen molar-refractivity contribution in [2.75, 3.05) is 6.61 Å². The van der Waals surface area contributed by atoms with E-state index in [0.29, 0.717) is 0 Å². The highest BCUT2D eigenvalue weighted by atomic mass is 16.7. The van der Waals surface area contributed by atoms with Gasteiger partial charge in [-0.1, -0.05) is 27.7 Å². The molecule has 0 saturated carbocycles. The van der Waals surface area contributed by atoms with Gasteiger partial charge >= 0.3 is 11.9 Å². The summed E-state index contributed by atoms with van der Waals surface area (Å²) < 4.78 is 26.3. The average Bonchev–Trinajstić information content (AvgIpc) is 2.72. The van der Waals surface area contributed by atoms with E-state index in [2.05, 4.69) is 0 Å². The van der Waals surface area contributed by atoms with Crippen molar-refractivity contribution in [1.29, 1.82) is 0 Å². The zero-order chi connectivity index (χ0) is 24.3. The van der Waals surface area contributed by atoms with Gasteiger partial charge in [0.15, 0.2) is 18.7 Å². The van der Waals surface area contributed by atoms with E-state index in [1.807, 2.05) is 0 Å². The smallest absolute Gasteiger partial charge is 0.308 e. The monoisotopic (exact) mass is 466 g/mol. The summed E-state index contributed by atoms with van der Waals surface area (Å²) in [6, 6.07) is 0. The molecule has 186 valence electrons. The van der Waals surface area contributed by atoms with Crippen LogP contribution in [-0.4, -0.2) is 105 Å². The van der Waals surface area contributed by atoms with Crippen LogP contribution in [0.2, 0.25) is 0 Å². The van der Waals surface area contributed by atoms with Gasteiger partial charge in [-0.15, -0.1) is 0 Å². The summed E-state index contributed by atoms with van der Waals surface area (Å²) in [7, 11) is 0. The molecule has 2 aliphatic rings. The largest absolute Gasteiger partial charge is 0.463 e. The number of carbonyl (C=O) groups is 2. The van der Waals surface area contributed by atoms with Gasteiger partial charge < -0.3 is 49.2 Å². The Balaban J connectivity index is 2.00. The minimum atomic E-state index is -1.77. The minimum absolute atomic E-state index is 0.403. The fraction of sp³-hybridized carbons (Fsp3) is 0.900. The third kappa shape index (κ3) is 6.14. The fourth-order valence-corrected chi connectivity index (χ4v) is 3.24. The second-order valence-electron chi connectivity index (χ2n) is 8.68. The Kier molecular flexibility index (Phi) is 9.37. The molecule has 0 unspecified atom stereocenters. The number of ether oxygens (including phenoxy) is 5. The van der Waals surface area contributed by atoms with E-state index in [9.17, 15) is 35.1 Å². The topological polar surface area (TPSA) is 181 Å². The Morgan fingerprint density at radius 1 is 0.812 bits per heavy atom. The van der Waals surface area contributed by atoms with Gasteiger partial charge in [-0.05, 0) is 6.92 Å². The molecule has 2 heterocycles. The second kappa shape index (κ2) is 11.2. The van der Waals surface area contributed by atoms with E-state index in [-0.39, 0.29) is 0 Å². The number of hydrogen-bond donors (Lipinski definition) is 5. The molecule has 2 aliphatic heterocycles. The second-order valence-corrected chi connectivity index (χ2v) is 8.68. The average molecular weight is 466 g/mol. The van der Waals surface area contributed by atoms with E-state index < -0.39 is 91.8 Å². The normalized spacial score (nSPS) is 40.4. The maximum Gasteiger partial charge on any atom is 0.308 e. The predicted molar refractivity (Wildman–Crippen MR) is 105 cm³/mol. The lowest BCUT2D eigenvalue weighted by Gasteiger charge is -2.45. The van der Waals surface area contributed by atoms with Crippen LogP contribution < -0.4 is 0 Å². The number of aliphatic hydroxyl groups excluding tert-OH is 5. The Morgan fingerprint density at radius 2 is 1.38 bits per heavy atom. The quantitative estimate of drug-likeness (QED) is 0.262. The van der Waals surface area contributed by atoms with Crippen LogP contribution in [0.25, 0.3) is 0 Å². The first-order chi connectivity index (χ1) is 14.8. The lowest BCUT2D eigenvalue weighted by atomic mass is 9.97. The van der Waals surface area contributed by atoms with Crippen molar-refractivity contribution < 1.29 is 58.8 Å². The summed E-state index contributed by atoms with van der Waals surface area (Å²) >= 11 is 0. The van der Waals surface area contributed by atoms with Gasteiger partial charge in [-0.2, -0.15) is 0 Å². The summed E-state index contributed by atoms with van der Waals surface area (Å²) in [6.07, 6.45) is -14.7. The summed E-state index contributed by atoms with van der Waals surface area (Å²) in [5, 5.41) is 51.7. The zero-order valence-corrected chi connectivity index (χ0v) is 18.7. The molecular weight excluding hydrogens is 432 g/mol. The molecule has 0 aromatic carbocycles. The molecule has 0 aliphatic carbocycles. The molecule has 12 heteroatoms. The molecule has 10 atom stereocenters. The number of rotatable bonds is 7. The fourth-order valence-electron chi connectivity index (χ4n) is 3.24. The van der Waals surface area contributed by atoms with Crippen molar-refractivity contribution >= 4 is 11.9 Å². The lowest BCUT2D eigenvalue weighted by Crippen LogP contribution is -2.64. The predicted octanol–water partition coefficient (Wildman–Crippen LogP) is -1.96. The van der Waals surface area contributed by atoms with Gasteiger partial charge in [0.25, 0.3) is 0 Å². The Hall–Kier alpha value is -1.38. The highest BCUT2D eigenvalue weighted by Crippen LogP contribution is 2.30. The Labute approximate surface area is 186 Å². The summed E-state index contributed by atoms with van der Waals surface area (Å²) in [4.78, 5) is 23.5. The molecule has 0 amide bonds. The number of hydrogen-bond acceptors (Lipinski definition) is 12. The molecule has 2 saturated heterocycles. The van der Waals surface area contributed by atoms with E-state index >= 15 is 0 Å². The van der Waals surface area contributed by atoms with Crippen LogP contribution in [0.4, 0.5) is 0 Å². The van der Waals surface area contributed by atoms with E-state index in [4.69, 9.17) is 23.7 Å². The molecule has 0 spiro atoms. The van der Waals surface area contributed by atoms with Crippen LogP contribution in [-0.2, 0) is 33.3 Å². The molecule has 0 aromatic rings. The number of esters is 2. The number of carbonyl (C=O) groups excluding carboxylic acids is 2. The van der Waals surface area contributed by atoms with Crippen molar-refractivity contribution in [2.24, 2.45) is 11.8 Å². The van der Waals surface area contributed by atoms with Gasteiger partial charge in [-0.3, -0.25) is 9.59 Å². The molecular formula is C20H34O12. The van der Waals surface area contributed by atoms with Crippen molar-refractivity contribution in [3.05, 3.63) is 0 Å². The van der Waals surface area contributed by atoms with Crippen molar-refractivity contribution in [2.45, 2.75) is 96.0 Å². The molecule has 12 nitrogen and oxygen atoms in total. The third-order valence-electron chi connectivity index (χ3n) is 5.32. The minimum Gasteiger partial charge on any atom is -0.463 e. The van der Waals surface area contributed by atoms with Crippen LogP contribution in [0.1, 0.15) is 34.6 Å². The lowest BCUT2D eigenvalue weighted by molar-refractivity contribution is -0.359. The maximum atomic E-state index is 11.8. The summed E-state index contributed by atoms with van der Waals surface area (Å²) in [5.74, 6) is -2.00. The first kappa shape index (κ1) is 26.9. The van der Waals surface area contributed by atoms with Crippen molar-refractivity contribution in [3.8, 4) is 0 Å². The van der Waals surface area contributed by atoms with Gasteiger partial charge in [0.2, 0.25) is 0 Å². The van der Waals surface area contributed by atoms with E-state index in [1.54, 1.807) is 27.7 Å². The highest BCUT2D eigenvalue weighted by molar-refractivity contribution is 5.72. The molecule has 5 N–H and O–H groups in total. The van der Waals surface area contributed by atoms with Crippen molar-refractivity contribution in [3.63, 3.8) is 0 Å². The third-order valence-corrected chi connectivity index (χ3v) is 5.32.